The highest BCUT2D eigenvalue weighted by molar-refractivity contribution is 5.99. The van der Waals surface area contributed by atoms with E-state index < -0.39 is 12.1 Å². The van der Waals surface area contributed by atoms with Crippen LogP contribution >= 0.6 is 0 Å². The van der Waals surface area contributed by atoms with Gasteiger partial charge in [0.05, 0.1) is 0 Å². The molecule has 0 radical (unpaired) electrons. The van der Waals surface area contributed by atoms with Crippen LogP contribution in [-0.2, 0) is 14.4 Å². The van der Waals surface area contributed by atoms with Gasteiger partial charge in [-0.1, -0.05) is 51.3 Å². The number of rotatable bonds is 6. The lowest BCUT2D eigenvalue weighted by Crippen LogP contribution is -2.56. The van der Waals surface area contributed by atoms with Gasteiger partial charge in [0, 0.05) is 18.2 Å². The van der Waals surface area contributed by atoms with Crippen molar-refractivity contribution in [3.05, 3.63) is 30.3 Å². The second-order valence-electron chi connectivity index (χ2n) is 8.58. The summed E-state index contributed by atoms with van der Waals surface area (Å²) in [7, 11) is 0. The summed E-state index contributed by atoms with van der Waals surface area (Å²) in [4.78, 5) is 40.5. The van der Waals surface area contributed by atoms with Gasteiger partial charge >= 0.3 is 0 Å². The molecule has 2 fully saturated rings. The van der Waals surface area contributed by atoms with Crippen molar-refractivity contribution >= 4 is 23.4 Å². The van der Waals surface area contributed by atoms with Crippen LogP contribution in [0.4, 0.5) is 5.69 Å². The van der Waals surface area contributed by atoms with E-state index in [1.807, 2.05) is 44.2 Å². The third-order valence-electron chi connectivity index (χ3n) is 6.09. The Bertz CT molecular complexity index is 713. The maximum atomic E-state index is 13.5. The van der Waals surface area contributed by atoms with Gasteiger partial charge < -0.3 is 15.5 Å². The van der Waals surface area contributed by atoms with Crippen LogP contribution in [0, 0.1) is 11.8 Å². The lowest BCUT2D eigenvalue weighted by molar-refractivity contribution is -0.142. The number of carbonyl (C=O) groups is 3. The molecule has 1 aliphatic carbocycles. The third kappa shape index (κ3) is 5.37. The Balaban J connectivity index is 1.74. The van der Waals surface area contributed by atoms with Gasteiger partial charge in [-0.2, -0.15) is 0 Å². The zero-order valence-electron chi connectivity index (χ0n) is 17.5. The van der Waals surface area contributed by atoms with Crippen LogP contribution in [0.5, 0.6) is 0 Å². The number of hydrogen-bond donors (Lipinski definition) is 2. The topological polar surface area (TPSA) is 78.5 Å². The van der Waals surface area contributed by atoms with Gasteiger partial charge in [0.1, 0.15) is 12.1 Å². The number of amides is 3. The number of nitrogens with zero attached hydrogens (tertiary/aromatic N) is 1. The van der Waals surface area contributed by atoms with Crippen molar-refractivity contribution in [3.63, 3.8) is 0 Å². The Morgan fingerprint density at radius 1 is 0.966 bits per heavy atom. The zero-order valence-corrected chi connectivity index (χ0v) is 17.5. The molecule has 0 bridgehead atoms. The number of hydrogen-bond acceptors (Lipinski definition) is 3. The summed E-state index contributed by atoms with van der Waals surface area (Å²) >= 11 is 0. The Morgan fingerprint density at radius 3 is 2.31 bits per heavy atom. The van der Waals surface area contributed by atoms with Gasteiger partial charge in [-0.3, -0.25) is 14.4 Å². The van der Waals surface area contributed by atoms with Gasteiger partial charge in [0.15, 0.2) is 0 Å². The van der Waals surface area contributed by atoms with E-state index in [9.17, 15) is 14.4 Å². The molecular weight excluding hydrogens is 366 g/mol. The lowest BCUT2D eigenvalue weighted by Gasteiger charge is -2.35. The highest BCUT2D eigenvalue weighted by Crippen LogP contribution is 2.29. The van der Waals surface area contributed by atoms with Crippen LogP contribution < -0.4 is 10.6 Å². The molecule has 0 aromatic heterocycles. The maximum Gasteiger partial charge on any atom is 0.247 e. The third-order valence-corrected chi connectivity index (χ3v) is 6.09. The molecule has 0 spiro atoms. The summed E-state index contributed by atoms with van der Waals surface area (Å²) in [5.41, 5.74) is 0.730. The van der Waals surface area contributed by atoms with Gasteiger partial charge in [0.25, 0.3) is 0 Å². The first kappa shape index (κ1) is 21.3. The normalized spacial score (nSPS) is 21.1. The van der Waals surface area contributed by atoms with Crippen molar-refractivity contribution in [2.24, 2.45) is 11.8 Å². The second-order valence-corrected chi connectivity index (χ2v) is 8.58. The summed E-state index contributed by atoms with van der Waals surface area (Å²) < 4.78 is 0. The molecule has 6 nitrogen and oxygen atoms in total. The first-order chi connectivity index (χ1) is 14.0. The van der Waals surface area contributed by atoms with Crippen LogP contribution in [0.15, 0.2) is 30.3 Å². The van der Waals surface area contributed by atoms with Gasteiger partial charge in [-0.25, -0.2) is 0 Å². The van der Waals surface area contributed by atoms with E-state index in [4.69, 9.17) is 0 Å². The minimum Gasteiger partial charge on any atom is -0.344 e. The lowest BCUT2D eigenvalue weighted by atomic mass is 9.83. The first-order valence-electron chi connectivity index (χ1n) is 10.9. The summed E-state index contributed by atoms with van der Waals surface area (Å²) in [6.45, 7) is 4.24. The van der Waals surface area contributed by atoms with E-state index in [1.54, 1.807) is 4.90 Å². The molecule has 2 N–H and O–H groups in total. The van der Waals surface area contributed by atoms with Gasteiger partial charge in [0.2, 0.25) is 17.7 Å². The molecule has 1 aromatic rings. The van der Waals surface area contributed by atoms with Crippen LogP contribution in [-0.4, -0.2) is 41.2 Å². The summed E-state index contributed by atoms with van der Waals surface area (Å²) in [6.07, 6.45) is 6.70. The van der Waals surface area contributed by atoms with Crippen molar-refractivity contribution in [1.29, 1.82) is 0 Å². The minimum atomic E-state index is -0.532. The van der Waals surface area contributed by atoms with E-state index in [-0.39, 0.29) is 29.6 Å². The molecule has 158 valence electrons. The number of nitrogens with one attached hydrogen (secondary N) is 2. The summed E-state index contributed by atoms with van der Waals surface area (Å²) in [5.74, 6) is -0.378. The minimum absolute atomic E-state index is 0.0987. The highest BCUT2D eigenvalue weighted by atomic mass is 16.2. The van der Waals surface area contributed by atoms with Crippen molar-refractivity contribution < 1.29 is 14.4 Å². The average Bonchev–Trinajstić information content (AvgIpc) is 3.22. The van der Waals surface area contributed by atoms with Crippen LogP contribution in [0.3, 0.4) is 0 Å². The number of carbonyl (C=O) groups excluding carboxylic acids is 3. The molecule has 1 aromatic carbocycles. The molecule has 2 aliphatic rings. The van der Waals surface area contributed by atoms with Gasteiger partial charge in [-0.05, 0) is 43.7 Å². The molecule has 1 aliphatic heterocycles. The largest absolute Gasteiger partial charge is 0.344 e. The molecule has 2 atom stereocenters. The SMILES string of the molecule is CC(C)C(=O)N[C@H](C(=O)N1CCC[C@H]1C(=O)Nc1ccccc1)C1CCCCC1. The fraction of sp³-hybridized carbons (Fsp3) is 0.609. The maximum absolute atomic E-state index is 13.5. The average molecular weight is 400 g/mol. The Kier molecular flexibility index (Phi) is 7.29. The highest BCUT2D eigenvalue weighted by Gasteiger charge is 2.40. The Morgan fingerprint density at radius 2 is 1.66 bits per heavy atom. The molecule has 1 heterocycles. The standard InChI is InChI=1S/C23H33N3O3/c1-16(2)21(27)25-20(17-10-5-3-6-11-17)23(29)26-15-9-14-19(26)22(28)24-18-12-7-4-8-13-18/h4,7-8,12-13,16-17,19-20H,3,5-6,9-11,14-15H2,1-2H3,(H,24,28)(H,25,27)/t19-,20-/m0/s1. The smallest absolute Gasteiger partial charge is 0.247 e. The predicted molar refractivity (Wildman–Crippen MR) is 113 cm³/mol. The van der Waals surface area contributed by atoms with E-state index in [0.717, 1.165) is 37.8 Å². The van der Waals surface area contributed by atoms with Crippen LogP contribution in [0.2, 0.25) is 0 Å². The van der Waals surface area contributed by atoms with E-state index in [0.29, 0.717) is 13.0 Å². The number of benzene rings is 1. The van der Waals surface area contributed by atoms with Crippen molar-refractivity contribution in [1.82, 2.24) is 10.2 Å². The number of likely N-dealkylation sites (tertiary alicyclic amines) is 1. The fourth-order valence-corrected chi connectivity index (χ4v) is 4.40. The monoisotopic (exact) mass is 399 g/mol. The quantitative estimate of drug-likeness (QED) is 0.770. The van der Waals surface area contributed by atoms with E-state index >= 15 is 0 Å². The van der Waals surface area contributed by atoms with Crippen molar-refractivity contribution in [2.45, 2.75) is 70.9 Å². The first-order valence-corrected chi connectivity index (χ1v) is 10.9. The molecule has 6 heteroatoms. The molecular formula is C23H33N3O3. The fourth-order valence-electron chi connectivity index (χ4n) is 4.40. The molecule has 29 heavy (non-hydrogen) atoms. The van der Waals surface area contributed by atoms with E-state index in [1.165, 1.54) is 6.42 Å². The predicted octanol–water partition coefficient (Wildman–Crippen LogP) is 3.34. The van der Waals surface area contributed by atoms with E-state index in [2.05, 4.69) is 10.6 Å². The van der Waals surface area contributed by atoms with Crippen LogP contribution in [0.1, 0.15) is 58.8 Å². The molecule has 0 unspecified atom stereocenters. The Labute approximate surface area is 173 Å². The zero-order chi connectivity index (χ0) is 20.8. The van der Waals surface area contributed by atoms with Gasteiger partial charge in [-0.15, -0.1) is 0 Å². The number of anilines is 1. The Hall–Kier alpha value is -2.37. The summed E-state index contributed by atoms with van der Waals surface area (Å²) in [6, 6.07) is 8.30. The van der Waals surface area contributed by atoms with Crippen molar-refractivity contribution in [2.75, 3.05) is 11.9 Å². The molecule has 3 amide bonds. The molecule has 1 saturated heterocycles. The van der Waals surface area contributed by atoms with Crippen LogP contribution in [0.25, 0.3) is 0 Å². The number of para-hydroxylation sites is 1. The second kappa shape index (κ2) is 9.90. The molecule has 1 saturated carbocycles. The molecule has 3 rings (SSSR count). The van der Waals surface area contributed by atoms with Crippen molar-refractivity contribution in [3.8, 4) is 0 Å². The summed E-state index contributed by atoms with van der Waals surface area (Å²) in [5, 5.41) is 5.94.